The van der Waals surface area contributed by atoms with Crippen LogP contribution in [0.15, 0.2) is 60.7 Å². The van der Waals surface area contributed by atoms with Gasteiger partial charge in [0.15, 0.2) is 0 Å². The highest BCUT2D eigenvalue weighted by Gasteiger charge is 1.92. The first-order chi connectivity index (χ1) is 6.45. The minimum atomic E-state index is 0. The quantitative estimate of drug-likeness (QED) is 0.662. The number of hydrogen-bond donors (Lipinski definition) is 0. The molecule has 2 rings (SSSR count). The Balaban J connectivity index is 0.000000980. The third-order valence-corrected chi connectivity index (χ3v) is 3.08. The average Bonchev–Trinajstić information content (AvgIpc) is 2.21. The van der Waals surface area contributed by atoms with E-state index in [-0.39, 0.29) is 6.15 Å². The van der Waals surface area contributed by atoms with Crippen LogP contribution in [-0.2, 0) is 0 Å². The lowest BCUT2D eigenvalue weighted by Crippen LogP contribution is -2.01. The van der Waals surface area contributed by atoms with Gasteiger partial charge in [-0.05, 0) is 10.6 Å². The molecule has 0 fully saturated rings. The average molecular weight is 200 g/mol. The molecule has 0 spiro atoms. The molecular weight excluding hydrogens is 189 g/mol. The molecule has 1 nitrogen and oxygen atoms in total. The number of benzene rings is 2. The van der Waals surface area contributed by atoms with E-state index in [1.807, 2.05) is 0 Å². The van der Waals surface area contributed by atoms with Crippen LogP contribution in [0.1, 0.15) is 0 Å². The molecule has 0 amide bonds. The second kappa shape index (κ2) is 5.54. The molecule has 2 heteroatoms. The van der Waals surface area contributed by atoms with Gasteiger partial charge in [0.25, 0.3) is 0 Å². The predicted octanol–water partition coefficient (Wildman–Crippen LogP) is 1.84. The second-order valence-corrected chi connectivity index (χ2v) is 4.26. The largest absolute Gasteiger partial charge is 0.0622 e. The third-order valence-electron chi connectivity index (χ3n) is 1.84. The molecule has 69 valence electrons. The molecule has 14 heavy (non-hydrogen) atoms. The van der Waals surface area contributed by atoms with Crippen LogP contribution in [0, 0.1) is 0 Å². The van der Waals surface area contributed by atoms with Gasteiger partial charge in [-0.1, -0.05) is 69.2 Å². The van der Waals surface area contributed by atoms with E-state index < -0.39 is 0 Å². The summed E-state index contributed by atoms with van der Waals surface area (Å²) in [6.07, 6.45) is 0. The Morgan fingerprint density at radius 2 is 0.929 bits per heavy atom. The van der Waals surface area contributed by atoms with Crippen LogP contribution in [0.5, 0.6) is 0 Å². The summed E-state index contributed by atoms with van der Waals surface area (Å²) in [5.41, 5.74) is 0. The Kier molecular flexibility index (Phi) is 4.31. The molecule has 0 aliphatic heterocycles. The zero-order valence-electron chi connectivity index (χ0n) is 7.72. The van der Waals surface area contributed by atoms with Crippen molar-refractivity contribution in [2.75, 3.05) is 0 Å². The predicted molar refractivity (Wildman–Crippen MR) is 62.6 cm³/mol. The van der Waals surface area contributed by atoms with Crippen LogP contribution in [0.4, 0.5) is 0 Å². The van der Waals surface area contributed by atoms with Crippen molar-refractivity contribution in [2.45, 2.75) is 0 Å². The van der Waals surface area contributed by atoms with Crippen LogP contribution in [0.2, 0.25) is 0 Å². The summed E-state index contributed by atoms with van der Waals surface area (Å²) in [6.45, 7) is 0. The Hall–Kier alpha value is -1.17. The fourth-order valence-corrected chi connectivity index (χ4v) is 2.26. The maximum atomic E-state index is 2.17. The molecular formula is C12H11NP. The number of rotatable bonds is 2. The minimum Gasteiger partial charge on any atom is -0.0622 e. The van der Waals surface area contributed by atoms with Crippen molar-refractivity contribution in [2.24, 2.45) is 0 Å². The van der Waals surface area contributed by atoms with Gasteiger partial charge in [-0.2, -0.15) is 0 Å². The van der Waals surface area contributed by atoms with Crippen molar-refractivity contribution in [1.29, 1.82) is 0 Å². The van der Waals surface area contributed by atoms with Crippen molar-refractivity contribution < 1.29 is 0 Å². The smallest absolute Gasteiger partial charge is 0 e. The van der Waals surface area contributed by atoms with Gasteiger partial charge in [0, 0.05) is 6.15 Å². The third kappa shape index (κ3) is 2.95. The van der Waals surface area contributed by atoms with Crippen molar-refractivity contribution >= 4 is 19.2 Å². The van der Waals surface area contributed by atoms with Gasteiger partial charge in [-0.15, -0.1) is 0 Å². The normalized spacial score (nSPS) is 9.14. The molecule has 2 aromatic rings. The molecule has 3 radical (unpaired) electrons. The summed E-state index contributed by atoms with van der Waals surface area (Å²) < 4.78 is 0. The summed E-state index contributed by atoms with van der Waals surface area (Å²) in [7, 11) is 0.777. The van der Waals surface area contributed by atoms with Gasteiger partial charge < -0.3 is 0 Å². The first-order valence-corrected chi connectivity index (χ1v) is 5.32. The standard InChI is InChI=1S/C12H11P.N/c1-3-7-11(8-4-1)13-12-9-5-2-6-10-12;/h1-10,13H;. The highest BCUT2D eigenvalue weighted by atomic mass is 31.1. The lowest BCUT2D eigenvalue weighted by molar-refractivity contribution is 1.76. The first-order valence-electron chi connectivity index (χ1n) is 4.32. The monoisotopic (exact) mass is 200 g/mol. The maximum absolute atomic E-state index is 2.17. The van der Waals surface area contributed by atoms with Crippen LogP contribution in [0.25, 0.3) is 0 Å². The zero-order valence-corrected chi connectivity index (χ0v) is 8.72. The highest BCUT2D eigenvalue weighted by molar-refractivity contribution is 7.55. The van der Waals surface area contributed by atoms with Crippen LogP contribution in [0.3, 0.4) is 0 Å². The van der Waals surface area contributed by atoms with Gasteiger partial charge in [-0.25, -0.2) is 0 Å². The summed E-state index contributed by atoms with van der Waals surface area (Å²) in [4.78, 5) is 0. The van der Waals surface area contributed by atoms with Crippen molar-refractivity contribution in [3.63, 3.8) is 0 Å². The van der Waals surface area contributed by atoms with Gasteiger partial charge in [0.2, 0.25) is 0 Å². The maximum Gasteiger partial charge on any atom is 0 e. The molecule has 2 aromatic carbocycles. The van der Waals surface area contributed by atoms with Crippen molar-refractivity contribution in [3.8, 4) is 0 Å². The molecule has 0 unspecified atom stereocenters. The van der Waals surface area contributed by atoms with E-state index in [1.54, 1.807) is 0 Å². The molecule has 0 aromatic heterocycles. The summed E-state index contributed by atoms with van der Waals surface area (Å²) in [5.74, 6) is 0. The first kappa shape index (κ1) is 10.9. The van der Waals surface area contributed by atoms with E-state index in [0.29, 0.717) is 0 Å². The topological polar surface area (TPSA) is 30.5 Å². The Morgan fingerprint density at radius 3 is 1.29 bits per heavy atom. The number of nitrogens with zero attached hydrogens (tertiary/aromatic N) is 1. The van der Waals surface area contributed by atoms with Crippen LogP contribution >= 0.6 is 8.58 Å². The van der Waals surface area contributed by atoms with Crippen molar-refractivity contribution in [1.82, 2.24) is 6.15 Å². The fraction of sp³-hybridized carbons (Fsp3) is 0. The lowest BCUT2D eigenvalue weighted by Gasteiger charge is -2.00. The molecule has 0 aliphatic carbocycles. The van der Waals surface area contributed by atoms with E-state index in [0.717, 1.165) is 8.58 Å². The van der Waals surface area contributed by atoms with E-state index in [4.69, 9.17) is 0 Å². The van der Waals surface area contributed by atoms with Gasteiger partial charge in [-0.3, -0.25) is 0 Å². The molecule has 0 saturated carbocycles. The fourth-order valence-electron chi connectivity index (χ4n) is 1.21. The number of hydrogen-bond acceptors (Lipinski definition) is 0. The minimum absolute atomic E-state index is 0. The van der Waals surface area contributed by atoms with E-state index >= 15 is 0 Å². The van der Waals surface area contributed by atoms with Gasteiger partial charge in [0.05, 0.1) is 0 Å². The summed E-state index contributed by atoms with van der Waals surface area (Å²) in [5, 5.41) is 2.79. The van der Waals surface area contributed by atoms with Crippen molar-refractivity contribution in [3.05, 3.63) is 60.7 Å². The highest BCUT2D eigenvalue weighted by Crippen LogP contribution is 2.08. The SMILES string of the molecule is [N].c1ccc(Pc2ccccc2)cc1. The van der Waals surface area contributed by atoms with E-state index in [9.17, 15) is 0 Å². The Labute approximate surface area is 86.5 Å². The molecule has 0 N–H and O–H groups in total. The summed E-state index contributed by atoms with van der Waals surface area (Å²) >= 11 is 0. The molecule has 0 heterocycles. The lowest BCUT2D eigenvalue weighted by atomic mass is 10.4. The molecule has 0 atom stereocenters. The van der Waals surface area contributed by atoms with Crippen LogP contribution < -0.4 is 16.8 Å². The summed E-state index contributed by atoms with van der Waals surface area (Å²) in [6, 6.07) is 21.2. The van der Waals surface area contributed by atoms with Gasteiger partial charge >= 0.3 is 0 Å². The zero-order chi connectivity index (χ0) is 8.93. The Bertz CT molecular complexity index is 321. The van der Waals surface area contributed by atoms with Crippen LogP contribution in [-0.4, -0.2) is 0 Å². The van der Waals surface area contributed by atoms with Gasteiger partial charge in [0.1, 0.15) is 0 Å². The van der Waals surface area contributed by atoms with E-state index in [1.165, 1.54) is 10.6 Å². The molecule has 0 saturated heterocycles. The second-order valence-electron chi connectivity index (χ2n) is 2.86. The van der Waals surface area contributed by atoms with E-state index in [2.05, 4.69) is 60.7 Å². The molecule has 0 bridgehead atoms. The molecule has 0 aliphatic rings. The Morgan fingerprint density at radius 1 is 0.571 bits per heavy atom.